The highest BCUT2D eigenvalue weighted by Gasteiger charge is 2.12. The van der Waals surface area contributed by atoms with Crippen LogP contribution in [0.25, 0.3) is 0 Å². The van der Waals surface area contributed by atoms with Crippen LogP contribution in [0.3, 0.4) is 0 Å². The van der Waals surface area contributed by atoms with E-state index in [0.717, 1.165) is 22.9 Å². The Balaban J connectivity index is 2.04. The molecule has 0 aliphatic carbocycles. The van der Waals surface area contributed by atoms with Crippen molar-refractivity contribution < 1.29 is 4.39 Å². The summed E-state index contributed by atoms with van der Waals surface area (Å²) in [5, 5.41) is 2.06. The molecule has 0 aliphatic heterocycles. The Bertz CT molecular complexity index is 512. The number of hydrogen-bond acceptors (Lipinski definition) is 2. The lowest BCUT2D eigenvalue weighted by molar-refractivity contribution is 0.533. The lowest BCUT2D eigenvalue weighted by atomic mass is 9.95. The van der Waals surface area contributed by atoms with E-state index in [1.54, 1.807) is 23.5 Å². The van der Waals surface area contributed by atoms with Crippen LogP contribution in [0.5, 0.6) is 0 Å². The first-order valence-corrected chi connectivity index (χ1v) is 7.52. The van der Waals surface area contributed by atoms with Crippen molar-refractivity contribution in [1.82, 2.24) is 0 Å². The normalized spacial score (nSPS) is 12.6. The van der Waals surface area contributed by atoms with Crippen molar-refractivity contribution in [3.8, 4) is 0 Å². The molecule has 1 atom stereocenters. The van der Waals surface area contributed by atoms with Crippen LogP contribution in [0.15, 0.2) is 40.2 Å². The smallest absolute Gasteiger partial charge is 0.123 e. The second-order valence-electron chi connectivity index (χ2n) is 4.33. The van der Waals surface area contributed by atoms with Crippen molar-refractivity contribution in [3.05, 3.63) is 56.4 Å². The lowest BCUT2D eigenvalue weighted by Crippen LogP contribution is -2.19. The fourth-order valence-corrected chi connectivity index (χ4v) is 3.60. The molecule has 2 rings (SSSR count). The van der Waals surface area contributed by atoms with Gasteiger partial charge in [0.05, 0.1) is 0 Å². The van der Waals surface area contributed by atoms with Gasteiger partial charge in [0.25, 0.3) is 0 Å². The van der Waals surface area contributed by atoms with Gasteiger partial charge in [-0.3, -0.25) is 0 Å². The number of rotatable bonds is 5. The summed E-state index contributed by atoms with van der Waals surface area (Å²) >= 11 is 5.26. The molecule has 1 aromatic heterocycles. The van der Waals surface area contributed by atoms with Crippen molar-refractivity contribution in [2.45, 2.75) is 12.8 Å². The number of benzene rings is 1. The van der Waals surface area contributed by atoms with E-state index in [1.165, 1.54) is 10.9 Å². The third kappa shape index (κ3) is 3.64. The van der Waals surface area contributed by atoms with E-state index in [2.05, 4.69) is 27.4 Å². The van der Waals surface area contributed by atoms with Gasteiger partial charge in [-0.15, -0.1) is 11.3 Å². The van der Waals surface area contributed by atoms with E-state index >= 15 is 0 Å². The average Bonchev–Trinajstić information content (AvgIpc) is 2.74. The summed E-state index contributed by atoms with van der Waals surface area (Å²) in [5.41, 5.74) is 6.83. The summed E-state index contributed by atoms with van der Waals surface area (Å²) in [7, 11) is 0. The molecular weight excluding hydrogens is 313 g/mol. The third-order valence-electron chi connectivity index (χ3n) is 2.91. The third-order valence-corrected chi connectivity index (χ3v) is 4.86. The second-order valence-corrected chi connectivity index (χ2v) is 6.19. The highest BCUT2D eigenvalue weighted by Crippen LogP contribution is 2.26. The molecule has 0 spiro atoms. The van der Waals surface area contributed by atoms with Crippen molar-refractivity contribution in [2.75, 3.05) is 6.54 Å². The van der Waals surface area contributed by atoms with Crippen LogP contribution in [-0.4, -0.2) is 6.54 Å². The van der Waals surface area contributed by atoms with Crippen LogP contribution in [0, 0.1) is 11.7 Å². The van der Waals surface area contributed by atoms with Crippen molar-refractivity contribution >= 4 is 27.3 Å². The summed E-state index contributed by atoms with van der Waals surface area (Å²) in [4.78, 5) is 1.31. The van der Waals surface area contributed by atoms with E-state index in [1.807, 2.05) is 6.07 Å². The van der Waals surface area contributed by atoms with E-state index in [-0.39, 0.29) is 5.82 Å². The maximum absolute atomic E-state index is 13.1. The molecule has 18 heavy (non-hydrogen) atoms. The van der Waals surface area contributed by atoms with E-state index in [4.69, 9.17) is 5.73 Å². The monoisotopic (exact) mass is 327 g/mol. The number of hydrogen-bond donors (Lipinski definition) is 1. The van der Waals surface area contributed by atoms with E-state index in [9.17, 15) is 4.39 Å². The molecule has 1 unspecified atom stereocenters. The highest BCUT2D eigenvalue weighted by atomic mass is 79.9. The molecule has 1 nitrogen and oxygen atoms in total. The zero-order valence-corrected chi connectivity index (χ0v) is 12.3. The van der Waals surface area contributed by atoms with Crippen LogP contribution in [-0.2, 0) is 12.8 Å². The van der Waals surface area contributed by atoms with Gasteiger partial charge in [-0.05, 0) is 70.4 Å². The average molecular weight is 328 g/mol. The maximum Gasteiger partial charge on any atom is 0.123 e. The second kappa shape index (κ2) is 6.45. The van der Waals surface area contributed by atoms with Gasteiger partial charge in [-0.2, -0.15) is 0 Å². The fourth-order valence-electron chi connectivity index (χ4n) is 1.97. The van der Waals surface area contributed by atoms with Crippen LogP contribution in [0.1, 0.15) is 10.4 Å². The summed E-state index contributed by atoms with van der Waals surface area (Å²) in [6, 6.07) is 8.81. The predicted octanol–water partition coefficient (Wildman–Crippen LogP) is 4.01. The van der Waals surface area contributed by atoms with E-state index in [0.29, 0.717) is 12.5 Å². The first-order valence-electron chi connectivity index (χ1n) is 5.85. The van der Waals surface area contributed by atoms with Gasteiger partial charge in [0.2, 0.25) is 0 Å². The minimum absolute atomic E-state index is 0.180. The van der Waals surface area contributed by atoms with Crippen molar-refractivity contribution in [3.63, 3.8) is 0 Å². The van der Waals surface area contributed by atoms with Gasteiger partial charge in [0.1, 0.15) is 5.82 Å². The summed E-state index contributed by atoms with van der Waals surface area (Å²) < 4.78 is 14.3. The molecular formula is C14H15BrFNS. The Hall–Kier alpha value is -0.710. The van der Waals surface area contributed by atoms with Crippen LogP contribution in [0.4, 0.5) is 4.39 Å². The predicted molar refractivity (Wildman–Crippen MR) is 78.4 cm³/mol. The minimum atomic E-state index is -0.180. The van der Waals surface area contributed by atoms with Gasteiger partial charge < -0.3 is 5.73 Å². The van der Waals surface area contributed by atoms with Crippen LogP contribution < -0.4 is 5.73 Å². The molecule has 0 fully saturated rings. The van der Waals surface area contributed by atoms with Crippen LogP contribution in [0.2, 0.25) is 0 Å². The molecule has 1 aromatic carbocycles. The Morgan fingerprint density at radius 2 is 2.11 bits per heavy atom. The van der Waals surface area contributed by atoms with Gasteiger partial charge in [0, 0.05) is 9.35 Å². The molecule has 0 saturated heterocycles. The standard InChI is InChI=1S/C14H15BrFNS/c15-13-4-5-18-14(13)8-11(9-17)6-10-2-1-3-12(16)7-10/h1-5,7,11H,6,8-9,17H2. The Morgan fingerprint density at radius 1 is 1.28 bits per heavy atom. The Morgan fingerprint density at radius 3 is 2.72 bits per heavy atom. The van der Waals surface area contributed by atoms with Gasteiger partial charge in [-0.25, -0.2) is 4.39 Å². The summed E-state index contributed by atoms with van der Waals surface area (Å²) in [5.74, 6) is 0.169. The molecule has 0 radical (unpaired) electrons. The van der Waals surface area contributed by atoms with Gasteiger partial charge in [-0.1, -0.05) is 12.1 Å². The van der Waals surface area contributed by atoms with Crippen LogP contribution >= 0.6 is 27.3 Å². The van der Waals surface area contributed by atoms with Gasteiger partial charge >= 0.3 is 0 Å². The van der Waals surface area contributed by atoms with Crippen molar-refractivity contribution in [2.24, 2.45) is 11.7 Å². The Kier molecular flexibility index (Phi) is 4.92. The SMILES string of the molecule is NCC(Cc1cccc(F)c1)Cc1sccc1Br. The first kappa shape index (κ1) is 13.7. The quantitative estimate of drug-likeness (QED) is 0.882. The minimum Gasteiger partial charge on any atom is -0.330 e. The molecule has 2 aromatic rings. The van der Waals surface area contributed by atoms with Gasteiger partial charge in [0.15, 0.2) is 0 Å². The molecule has 2 N–H and O–H groups in total. The Labute approximate surface area is 119 Å². The fraction of sp³-hybridized carbons (Fsp3) is 0.286. The topological polar surface area (TPSA) is 26.0 Å². The zero-order valence-electron chi connectivity index (χ0n) is 9.90. The van der Waals surface area contributed by atoms with Crippen molar-refractivity contribution in [1.29, 1.82) is 0 Å². The number of thiophene rings is 1. The molecule has 0 aliphatic rings. The van der Waals surface area contributed by atoms with E-state index < -0.39 is 0 Å². The lowest BCUT2D eigenvalue weighted by Gasteiger charge is -2.14. The molecule has 0 bridgehead atoms. The zero-order chi connectivity index (χ0) is 13.0. The molecule has 0 amide bonds. The maximum atomic E-state index is 13.1. The molecule has 1 heterocycles. The summed E-state index contributed by atoms with van der Waals surface area (Å²) in [6.45, 7) is 0.612. The highest BCUT2D eigenvalue weighted by molar-refractivity contribution is 9.10. The number of nitrogens with two attached hydrogens (primary N) is 1. The molecule has 4 heteroatoms. The molecule has 96 valence electrons. The molecule has 0 saturated carbocycles. The number of halogens is 2. The summed E-state index contributed by atoms with van der Waals surface area (Å²) in [6.07, 6.45) is 1.75. The first-order chi connectivity index (χ1) is 8.69. The largest absolute Gasteiger partial charge is 0.330 e.